The molecule has 0 atom stereocenters. The Hall–Kier alpha value is -4.98. The van der Waals surface area contributed by atoms with Crippen LogP contribution in [0.4, 0.5) is 0 Å². The van der Waals surface area contributed by atoms with Crippen LogP contribution in [0, 0.1) is 22.7 Å². The first-order valence-electron chi connectivity index (χ1n) is 16.0. The van der Waals surface area contributed by atoms with Crippen LogP contribution in [0.5, 0.6) is 0 Å². The van der Waals surface area contributed by atoms with Gasteiger partial charge in [-0.05, 0) is 105 Å². The molecule has 0 heterocycles. The van der Waals surface area contributed by atoms with Gasteiger partial charge >= 0.3 is 11.9 Å². The Bertz CT molecular complexity index is 1410. The highest BCUT2D eigenvalue weighted by Crippen LogP contribution is 2.15. The molecule has 3 aromatic rings. The maximum atomic E-state index is 11.5. The minimum Gasteiger partial charge on any atom is -0.255 e. The van der Waals surface area contributed by atoms with Crippen LogP contribution in [0.3, 0.4) is 0 Å². The van der Waals surface area contributed by atoms with Crippen molar-refractivity contribution in [1.82, 2.24) is 0 Å². The lowest BCUT2D eigenvalue weighted by atomic mass is 10.0. The third-order valence-electron chi connectivity index (χ3n) is 5.32. The summed E-state index contributed by atoms with van der Waals surface area (Å²) in [7, 11) is 0. The van der Waals surface area contributed by atoms with Crippen LogP contribution in [-0.2, 0) is 19.6 Å². The summed E-state index contributed by atoms with van der Waals surface area (Å²) in [6, 6.07) is 31.0. The Kier molecular flexibility index (Phi) is 22.9. The van der Waals surface area contributed by atoms with E-state index in [1.54, 1.807) is 88.4 Å². The fourth-order valence-electron chi connectivity index (χ4n) is 2.70. The number of carbonyl (C=O) groups is 2. The van der Waals surface area contributed by atoms with Gasteiger partial charge in [-0.2, -0.15) is 20.8 Å². The van der Waals surface area contributed by atoms with E-state index in [0.717, 1.165) is 0 Å². The Morgan fingerprint density at radius 2 is 0.843 bits per heavy atom. The molecule has 0 saturated heterocycles. The van der Waals surface area contributed by atoms with E-state index in [9.17, 15) is 9.59 Å². The summed E-state index contributed by atoms with van der Waals surface area (Å²) in [6.45, 7) is 22.7. The lowest BCUT2D eigenvalue weighted by molar-refractivity contribution is -0.393. The summed E-state index contributed by atoms with van der Waals surface area (Å²) in [5.74, 6) is -0.758. The van der Waals surface area contributed by atoms with Crippen molar-refractivity contribution in [2.45, 2.75) is 111 Å². The predicted molar refractivity (Wildman–Crippen MR) is 195 cm³/mol. The fourth-order valence-corrected chi connectivity index (χ4v) is 2.70. The zero-order chi connectivity index (χ0) is 39.7. The van der Waals surface area contributed by atoms with Crippen molar-refractivity contribution in [3.05, 3.63) is 108 Å². The topological polar surface area (TPSA) is 184 Å². The second-order valence-electron chi connectivity index (χ2n) is 14.0. The maximum absolute atomic E-state index is 11.5. The quantitative estimate of drug-likeness (QED) is 0.142. The molecular formula is C39H54N4O8. The molecule has 12 heteroatoms. The molecule has 0 spiro atoms. The highest BCUT2D eigenvalue weighted by molar-refractivity contribution is 5.92. The Morgan fingerprint density at radius 3 is 1.06 bits per heavy atom. The van der Waals surface area contributed by atoms with E-state index in [1.165, 1.54) is 5.56 Å². The Morgan fingerprint density at radius 1 is 0.569 bits per heavy atom. The third-order valence-corrected chi connectivity index (χ3v) is 5.32. The summed E-state index contributed by atoms with van der Waals surface area (Å²) >= 11 is 0. The minimum atomic E-state index is -0.839. The summed E-state index contributed by atoms with van der Waals surface area (Å²) < 4.78 is 0. The number of rotatable bonds is 6. The van der Waals surface area contributed by atoms with Crippen LogP contribution in [0.25, 0.3) is 0 Å². The van der Waals surface area contributed by atoms with Crippen molar-refractivity contribution >= 4 is 11.9 Å². The second-order valence-corrected chi connectivity index (χ2v) is 14.0. The molecular weight excluding hydrogens is 652 g/mol. The van der Waals surface area contributed by atoms with E-state index < -0.39 is 23.0 Å². The number of benzene rings is 3. The van der Waals surface area contributed by atoms with E-state index in [1.807, 2.05) is 59.7 Å². The largest absolute Gasteiger partial charge is 0.386 e. The van der Waals surface area contributed by atoms with Crippen LogP contribution < -0.4 is 0 Å². The van der Waals surface area contributed by atoms with Crippen molar-refractivity contribution in [2.24, 2.45) is 10.2 Å². The number of hydrogen-bond donors (Lipinski definition) is 2. The zero-order valence-corrected chi connectivity index (χ0v) is 31.9. The molecule has 12 nitrogen and oxygen atoms in total. The minimum absolute atomic E-state index is 0.215. The summed E-state index contributed by atoms with van der Waals surface area (Å²) in [4.78, 5) is 42.1. The molecule has 0 aromatic heterocycles. The van der Waals surface area contributed by atoms with E-state index in [2.05, 4.69) is 58.1 Å². The normalized spacial score (nSPS) is 10.9. The van der Waals surface area contributed by atoms with Gasteiger partial charge in [0.2, 0.25) is 0 Å². The molecule has 0 radical (unpaired) electrons. The number of carbonyl (C=O) groups excluding carboxylic acids is 2. The van der Waals surface area contributed by atoms with Crippen LogP contribution in [-0.4, -0.2) is 44.7 Å². The summed E-state index contributed by atoms with van der Waals surface area (Å²) in [5, 5.41) is 36.7. The van der Waals surface area contributed by atoms with Crippen molar-refractivity contribution in [2.75, 3.05) is 0 Å². The average Bonchev–Trinajstić information content (AvgIpc) is 3.11. The van der Waals surface area contributed by atoms with Gasteiger partial charge in [-0.3, -0.25) is 10.5 Å². The van der Waals surface area contributed by atoms with Crippen molar-refractivity contribution in [1.29, 1.82) is 10.5 Å². The van der Waals surface area contributed by atoms with Crippen LogP contribution >= 0.6 is 0 Å². The molecule has 2 N–H and O–H groups in total. The molecule has 0 amide bonds. The third kappa shape index (κ3) is 26.5. The number of azo groups is 1. The van der Waals surface area contributed by atoms with E-state index >= 15 is 0 Å². The second kappa shape index (κ2) is 24.2. The van der Waals surface area contributed by atoms with E-state index in [-0.39, 0.29) is 11.2 Å². The predicted octanol–water partition coefficient (Wildman–Crippen LogP) is 10.0. The first-order valence-corrected chi connectivity index (χ1v) is 16.0. The molecule has 0 bridgehead atoms. The van der Waals surface area contributed by atoms with Crippen molar-refractivity contribution in [3.8, 4) is 12.1 Å². The van der Waals surface area contributed by atoms with Gasteiger partial charge in [0, 0.05) is 0 Å². The van der Waals surface area contributed by atoms with Crippen LogP contribution in [0.15, 0.2) is 101 Å². The summed E-state index contributed by atoms with van der Waals surface area (Å²) in [6.07, 6.45) is 0. The Balaban J connectivity index is 0. The monoisotopic (exact) mass is 706 g/mol. The number of nitrogens with zero attached hydrogens (tertiary/aromatic N) is 4. The van der Waals surface area contributed by atoms with Crippen molar-refractivity contribution < 1.29 is 39.7 Å². The highest BCUT2D eigenvalue weighted by Gasteiger charge is 2.20. The smallest absolute Gasteiger partial charge is 0.255 e. The van der Waals surface area contributed by atoms with Gasteiger partial charge in [0.15, 0.2) is 11.1 Å². The SMILES string of the molecule is CC(C)(C#N)N=NC(C)(C)C#N.CC(C)(C)OOC(C)(C)C.CC(C)c1ccccc1.O=C(OOC(=O)c1ccccc1)c1ccccc1.OO. The summed E-state index contributed by atoms with van der Waals surface area (Å²) in [5.41, 5.74) is -0.0581. The van der Waals surface area contributed by atoms with E-state index in [4.69, 9.17) is 30.8 Å². The molecule has 0 aliphatic heterocycles. The average molecular weight is 707 g/mol. The Labute approximate surface area is 303 Å². The van der Waals surface area contributed by atoms with Gasteiger partial charge in [-0.15, -0.1) is 0 Å². The number of hydrogen-bond acceptors (Lipinski definition) is 12. The molecule has 0 aliphatic rings. The number of nitriles is 2. The molecule has 3 rings (SSSR count). The van der Waals surface area contributed by atoms with Crippen molar-refractivity contribution in [3.63, 3.8) is 0 Å². The van der Waals surface area contributed by atoms with Gasteiger partial charge in [-0.1, -0.05) is 80.6 Å². The van der Waals surface area contributed by atoms with Gasteiger partial charge in [0.1, 0.15) is 0 Å². The standard InChI is InChI=1S/C14H10O4.C9H12.C8H12N4.C8H18O2.H2O2/c15-13(11-7-3-1-4-8-11)17-18-14(16)12-9-5-2-6-10-12;1-8(2)9-6-4-3-5-7-9;1-7(2,5-9)11-12-8(3,4)6-10;1-7(2,3)9-10-8(4,5)6;1-2/h1-10H;3-8H,1-2H3;1-4H3;1-6H3;1-2H. The van der Waals surface area contributed by atoms with Gasteiger partial charge in [0.05, 0.1) is 34.5 Å². The van der Waals surface area contributed by atoms with Gasteiger partial charge < -0.3 is 0 Å². The molecule has 51 heavy (non-hydrogen) atoms. The van der Waals surface area contributed by atoms with Crippen LogP contribution in [0.1, 0.15) is 115 Å². The lowest BCUT2D eigenvalue weighted by Gasteiger charge is -2.24. The molecule has 0 aliphatic carbocycles. The van der Waals surface area contributed by atoms with Gasteiger partial charge in [0.25, 0.3) is 0 Å². The molecule has 0 unspecified atom stereocenters. The molecule has 0 saturated carbocycles. The first kappa shape index (κ1) is 48.1. The molecule has 3 aromatic carbocycles. The molecule has 278 valence electrons. The van der Waals surface area contributed by atoms with E-state index in [0.29, 0.717) is 17.0 Å². The first-order chi connectivity index (χ1) is 23.6. The van der Waals surface area contributed by atoms with Gasteiger partial charge in [-0.25, -0.2) is 29.1 Å². The zero-order valence-electron chi connectivity index (χ0n) is 31.9. The van der Waals surface area contributed by atoms with Crippen LogP contribution in [0.2, 0.25) is 0 Å². The molecule has 0 fully saturated rings. The maximum Gasteiger partial charge on any atom is 0.386 e. The fraction of sp³-hybridized carbons (Fsp3) is 0.436. The highest BCUT2D eigenvalue weighted by atomic mass is 17.2. The lowest BCUT2D eigenvalue weighted by Crippen LogP contribution is -2.27.